The van der Waals surface area contributed by atoms with Crippen molar-refractivity contribution in [3.8, 4) is 0 Å². The molecule has 0 aliphatic carbocycles. The van der Waals surface area contributed by atoms with Crippen LogP contribution in [0.3, 0.4) is 0 Å². The molecule has 0 heterocycles. The molecule has 0 unspecified atom stereocenters. The van der Waals surface area contributed by atoms with Crippen LogP contribution in [0, 0.1) is 0 Å². The monoisotopic (exact) mass is 339 g/mol. The van der Waals surface area contributed by atoms with E-state index in [1.165, 1.54) is 7.79 Å². The summed E-state index contributed by atoms with van der Waals surface area (Å²) >= 11 is 1.89. The zero-order chi connectivity index (χ0) is 2.00. The van der Waals surface area contributed by atoms with E-state index in [2.05, 4.69) is 0 Å². The second-order valence-corrected chi connectivity index (χ2v) is 0. The number of hydrogen-bond donors (Lipinski definition) is 0. The van der Waals surface area contributed by atoms with Crippen LogP contribution in [-0.4, -0.2) is 69.7 Å². The first-order valence-electron chi connectivity index (χ1n) is 0.447. The molecule has 0 aromatic heterocycles. The molecule has 0 fully saturated rings. The number of hydrogen-bond acceptors (Lipinski definition) is 0. The zero-order valence-electron chi connectivity index (χ0n) is 2.06. The molecular weight excluding hydrogens is 329 g/mol. The molecule has 0 aliphatic rings. The van der Waals surface area contributed by atoms with Gasteiger partial charge in [0.05, 0.1) is 0 Å². The van der Waals surface area contributed by atoms with Crippen molar-refractivity contribution in [2.24, 2.45) is 0 Å². The van der Waals surface area contributed by atoms with E-state index in [4.69, 9.17) is 0 Å². The van der Waals surface area contributed by atoms with Crippen LogP contribution < -0.4 is 0 Å². The average molecular weight is 338 g/mol. The fourth-order valence-corrected chi connectivity index (χ4v) is 0. The molecule has 0 aromatic rings. The van der Waals surface area contributed by atoms with Crippen molar-refractivity contribution in [3.63, 3.8) is 0 Å². The summed E-state index contributed by atoms with van der Waals surface area (Å²) in [6.45, 7) is 0. The maximum absolute atomic E-state index is 1.89. The molecule has 1 radical (unpaired) electrons. The van der Waals surface area contributed by atoms with E-state index in [-0.39, 0.29) is 74.0 Å². The summed E-state index contributed by atoms with van der Waals surface area (Å²) in [5.41, 5.74) is 0. The molecule has 0 bridgehead atoms. The fraction of sp³-hybridized carbons (Fsp3) is 0. The minimum atomic E-state index is 0. The molecular formula is H9AlCuMgNiSiTe. The third kappa shape index (κ3) is 26.5. The Morgan fingerprint density at radius 2 is 1.17 bits per heavy atom. The van der Waals surface area contributed by atoms with Gasteiger partial charge in [0.25, 0.3) is 0 Å². The maximum atomic E-state index is 1.89. The Hall–Kier alpha value is 3.32. The average Bonchev–Trinajstić information content (AvgIpc) is 1.00. The first kappa shape index (κ1) is 34.6. The molecule has 0 aliphatic heterocycles. The van der Waals surface area contributed by atoms with Gasteiger partial charge in [-0.15, -0.1) is 0 Å². The van der Waals surface area contributed by atoms with Crippen molar-refractivity contribution in [1.29, 1.82) is 0 Å². The molecule has 0 rings (SSSR count). The molecule has 0 aromatic carbocycles. The standard InChI is InChI=1S/Al.Cu.Mg.Ni.H4SiTe.5H/c;;;;1-2;;;;;/h;;;;2H,1H3;;;;;. The van der Waals surface area contributed by atoms with Gasteiger partial charge in [-0.2, -0.15) is 0 Å². The van der Waals surface area contributed by atoms with Crippen molar-refractivity contribution in [3.05, 3.63) is 0 Å². The summed E-state index contributed by atoms with van der Waals surface area (Å²) in [5, 5.41) is 0. The third-order valence-electron chi connectivity index (χ3n) is 0. The quantitative estimate of drug-likeness (QED) is 0.396. The van der Waals surface area contributed by atoms with E-state index in [0.717, 1.165) is 0 Å². The van der Waals surface area contributed by atoms with E-state index in [1.54, 1.807) is 0 Å². The third-order valence-corrected chi connectivity index (χ3v) is 0. The van der Waals surface area contributed by atoms with Gasteiger partial charge in [0.15, 0.2) is 17.4 Å². The van der Waals surface area contributed by atoms with Gasteiger partial charge in [-0.1, -0.05) is 0 Å². The van der Waals surface area contributed by atoms with E-state index < -0.39 is 0 Å². The van der Waals surface area contributed by atoms with Crippen molar-refractivity contribution in [2.45, 2.75) is 0 Å². The minimum absolute atomic E-state index is 0. The first-order valence-corrected chi connectivity index (χ1v) is 9.00. The second-order valence-electron chi connectivity index (χ2n) is 0. The van der Waals surface area contributed by atoms with Gasteiger partial charge in [0.2, 0.25) is 0 Å². The van der Waals surface area contributed by atoms with Crippen LogP contribution in [-0.2, 0) is 33.6 Å². The van der Waals surface area contributed by atoms with Gasteiger partial charge in [-0.25, -0.2) is 0 Å². The van der Waals surface area contributed by atoms with E-state index in [1.807, 2.05) is 21.5 Å². The van der Waals surface area contributed by atoms with E-state index in [9.17, 15) is 0 Å². The SMILES string of the molecule is [AlH3].[Cu].[MgH2].[Ni].[SiH3][TeH]. The summed E-state index contributed by atoms with van der Waals surface area (Å²) in [6, 6.07) is 0. The second kappa shape index (κ2) is 40.5. The normalized spacial score (nSPS) is 1.50. The summed E-state index contributed by atoms with van der Waals surface area (Å²) in [6.07, 6.45) is 0. The van der Waals surface area contributed by atoms with Crippen molar-refractivity contribution >= 4 is 69.7 Å². The molecule has 0 spiro atoms. The van der Waals surface area contributed by atoms with Gasteiger partial charge in [0.1, 0.15) is 0 Å². The van der Waals surface area contributed by atoms with Crippen LogP contribution >= 0.6 is 0 Å². The van der Waals surface area contributed by atoms with Gasteiger partial charge >= 0.3 is 52.4 Å². The topological polar surface area (TPSA) is 0 Å². The Balaban J connectivity index is -0.000000000833. The Kier molecular flexibility index (Phi) is 233. The van der Waals surface area contributed by atoms with Crippen LogP contribution in [0.1, 0.15) is 0 Å². The van der Waals surface area contributed by atoms with Crippen molar-refractivity contribution < 1.29 is 33.6 Å². The van der Waals surface area contributed by atoms with Crippen LogP contribution in [0.25, 0.3) is 0 Å². The molecule has 0 atom stereocenters. The molecule has 0 amide bonds. The van der Waals surface area contributed by atoms with Crippen LogP contribution in [0.15, 0.2) is 0 Å². The van der Waals surface area contributed by atoms with Crippen LogP contribution in [0.2, 0.25) is 0 Å². The van der Waals surface area contributed by atoms with Crippen LogP contribution in [0.4, 0.5) is 0 Å². The molecule has 0 N–H and O–H groups in total. The van der Waals surface area contributed by atoms with E-state index in [0.29, 0.717) is 0 Å². The Morgan fingerprint density at radius 3 is 1.17 bits per heavy atom. The van der Waals surface area contributed by atoms with Gasteiger partial charge in [0, 0.05) is 33.6 Å². The summed E-state index contributed by atoms with van der Waals surface area (Å²) < 4.78 is 0. The summed E-state index contributed by atoms with van der Waals surface area (Å²) in [4.78, 5) is 0. The molecule has 6 heteroatoms. The van der Waals surface area contributed by atoms with Gasteiger partial charge < -0.3 is 0 Å². The Labute approximate surface area is 101 Å². The molecule has 6 heavy (non-hydrogen) atoms. The molecule has 0 nitrogen and oxygen atoms in total. The zero-order valence-corrected chi connectivity index (χ0v) is 8.55. The number of rotatable bonds is 0. The van der Waals surface area contributed by atoms with Gasteiger partial charge in [-0.05, 0) is 0 Å². The predicted molar refractivity (Wildman–Crippen MR) is 35.6 cm³/mol. The first-order chi connectivity index (χ1) is 1.00. The Bertz CT molecular complexity index is 15.5. The molecule has 0 saturated heterocycles. The molecule has 45 valence electrons. The van der Waals surface area contributed by atoms with Crippen LogP contribution in [0.5, 0.6) is 0 Å². The predicted octanol–water partition coefficient (Wildman–Crippen LogP) is -3.94. The van der Waals surface area contributed by atoms with Crippen molar-refractivity contribution in [2.75, 3.05) is 0 Å². The Morgan fingerprint density at radius 1 is 1.17 bits per heavy atom. The summed E-state index contributed by atoms with van der Waals surface area (Å²) in [5.74, 6) is 0. The fourth-order valence-electron chi connectivity index (χ4n) is 0. The molecule has 0 saturated carbocycles. The van der Waals surface area contributed by atoms with Gasteiger partial charge in [-0.3, -0.25) is 0 Å². The van der Waals surface area contributed by atoms with E-state index >= 15 is 0 Å². The van der Waals surface area contributed by atoms with Crippen molar-refractivity contribution in [1.82, 2.24) is 0 Å². The summed E-state index contributed by atoms with van der Waals surface area (Å²) in [7, 11) is 1.36.